The molecule has 0 spiro atoms. The van der Waals surface area contributed by atoms with E-state index < -0.39 is 0 Å². The van der Waals surface area contributed by atoms with Gasteiger partial charge >= 0.3 is 0 Å². The van der Waals surface area contributed by atoms with Crippen molar-refractivity contribution in [3.8, 4) is 6.07 Å². The van der Waals surface area contributed by atoms with Gasteiger partial charge in [-0.2, -0.15) is 5.26 Å². The third-order valence-electron chi connectivity index (χ3n) is 2.77. The van der Waals surface area contributed by atoms with Crippen LogP contribution in [0.1, 0.15) is 11.1 Å². The summed E-state index contributed by atoms with van der Waals surface area (Å²) in [7, 11) is 1.90. The highest BCUT2D eigenvalue weighted by Gasteiger charge is 2.00. The number of hydrogen-bond donors (Lipinski definition) is 2. The van der Waals surface area contributed by atoms with Crippen molar-refractivity contribution in [3.63, 3.8) is 0 Å². The molecule has 0 amide bonds. The lowest BCUT2D eigenvalue weighted by Gasteiger charge is -2.08. The Hall–Kier alpha value is -2.47. The van der Waals surface area contributed by atoms with E-state index in [4.69, 9.17) is 5.26 Å². The van der Waals surface area contributed by atoms with Crippen molar-refractivity contribution in [1.82, 2.24) is 0 Å². The minimum Gasteiger partial charge on any atom is -0.388 e. The summed E-state index contributed by atoms with van der Waals surface area (Å²) in [5, 5.41) is 15.3. The molecule has 2 rings (SSSR count). The fourth-order valence-corrected chi connectivity index (χ4v) is 1.72. The largest absolute Gasteiger partial charge is 0.388 e. The van der Waals surface area contributed by atoms with E-state index in [-0.39, 0.29) is 0 Å². The molecule has 0 aromatic heterocycles. The predicted molar refractivity (Wildman–Crippen MR) is 74.5 cm³/mol. The number of hydrogen-bond acceptors (Lipinski definition) is 3. The van der Waals surface area contributed by atoms with Gasteiger partial charge in [-0.05, 0) is 29.8 Å². The van der Waals surface area contributed by atoms with Gasteiger partial charge in [0, 0.05) is 19.3 Å². The van der Waals surface area contributed by atoms with Gasteiger partial charge in [-0.1, -0.05) is 24.3 Å². The van der Waals surface area contributed by atoms with Gasteiger partial charge in [-0.25, -0.2) is 0 Å². The number of rotatable bonds is 4. The maximum atomic E-state index is 8.99. The van der Waals surface area contributed by atoms with Crippen LogP contribution in [-0.4, -0.2) is 7.05 Å². The van der Waals surface area contributed by atoms with Crippen LogP contribution in [0.3, 0.4) is 0 Å². The van der Waals surface area contributed by atoms with E-state index in [1.807, 2.05) is 43.4 Å². The first-order chi connectivity index (χ1) is 8.83. The van der Waals surface area contributed by atoms with Gasteiger partial charge in [0.2, 0.25) is 0 Å². The highest BCUT2D eigenvalue weighted by atomic mass is 14.9. The van der Waals surface area contributed by atoms with Crippen LogP contribution in [0.2, 0.25) is 0 Å². The van der Waals surface area contributed by atoms with Crippen molar-refractivity contribution in [2.24, 2.45) is 0 Å². The molecule has 3 heteroatoms. The molecule has 0 heterocycles. The topological polar surface area (TPSA) is 47.8 Å². The van der Waals surface area contributed by atoms with Crippen molar-refractivity contribution in [1.29, 1.82) is 5.26 Å². The lowest BCUT2D eigenvalue weighted by Crippen LogP contribution is -2.01. The zero-order chi connectivity index (χ0) is 12.8. The normalized spacial score (nSPS) is 9.56. The highest BCUT2D eigenvalue weighted by Crippen LogP contribution is 2.15. The van der Waals surface area contributed by atoms with Crippen LogP contribution in [0.5, 0.6) is 0 Å². The molecule has 0 aliphatic heterocycles. The van der Waals surface area contributed by atoms with Gasteiger partial charge in [-0.15, -0.1) is 0 Å². The Bertz CT molecular complexity index is 553. The summed E-state index contributed by atoms with van der Waals surface area (Å²) in [5.74, 6) is 0. The van der Waals surface area contributed by atoms with E-state index in [0.717, 1.165) is 11.4 Å². The number of para-hydroxylation sites is 1. The first-order valence-corrected chi connectivity index (χ1v) is 5.83. The Kier molecular flexibility index (Phi) is 3.83. The van der Waals surface area contributed by atoms with Crippen LogP contribution in [0.15, 0.2) is 48.5 Å². The Balaban J connectivity index is 2.05. The predicted octanol–water partition coefficient (Wildman–Crippen LogP) is 3.21. The molecule has 0 atom stereocenters. The number of benzene rings is 2. The second-order valence-electron chi connectivity index (χ2n) is 3.96. The lowest BCUT2D eigenvalue weighted by atomic mass is 10.1. The van der Waals surface area contributed by atoms with Gasteiger partial charge in [-0.3, -0.25) is 0 Å². The number of anilines is 2. The molecular formula is C15H15N3. The molecule has 0 bridgehead atoms. The van der Waals surface area contributed by atoms with Gasteiger partial charge < -0.3 is 10.6 Å². The molecule has 0 radical (unpaired) electrons. The molecule has 0 aliphatic carbocycles. The van der Waals surface area contributed by atoms with Crippen molar-refractivity contribution in [2.75, 3.05) is 17.7 Å². The Morgan fingerprint density at radius 3 is 2.44 bits per heavy atom. The van der Waals surface area contributed by atoms with Crippen LogP contribution >= 0.6 is 0 Å². The fraction of sp³-hybridized carbons (Fsp3) is 0.133. The van der Waals surface area contributed by atoms with E-state index in [0.29, 0.717) is 12.1 Å². The monoisotopic (exact) mass is 237 g/mol. The molecule has 2 aromatic carbocycles. The van der Waals surface area contributed by atoms with Crippen molar-refractivity contribution in [2.45, 2.75) is 6.54 Å². The second kappa shape index (κ2) is 5.74. The standard InChI is InChI=1S/C15H15N3/c1-17-14-8-6-12(7-9-14)11-18-15-5-3-2-4-13(15)10-16/h2-9,17-18H,11H2,1H3. The maximum Gasteiger partial charge on any atom is 0.101 e. The Morgan fingerprint density at radius 1 is 1.06 bits per heavy atom. The first-order valence-electron chi connectivity index (χ1n) is 5.83. The molecule has 90 valence electrons. The average Bonchev–Trinajstić information content (AvgIpc) is 2.46. The van der Waals surface area contributed by atoms with E-state index in [2.05, 4.69) is 28.8 Å². The minimum atomic E-state index is 0.671. The van der Waals surface area contributed by atoms with Crippen LogP contribution in [-0.2, 0) is 6.54 Å². The van der Waals surface area contributed by atoms with Crippen molar-refractivity contribution < 1.29 is 0 Å². The zero-order valence-corrected chi connectivity index (χ0v) is 10.3. The molecule has 2 aromatic rings. The van der Waals surface area contributed by atoms with Crippen molar-refractivity contribution >= 4 is 11.4 Å². The lowest BCUT2D eigenvalue weighted by molar-refractivity contribution is 1.15. The van der Waals surface area contributed by atoms with E-state index in [1.54, 1.807) is 0 Å². The summed E-state index contributed by atoms with van der Waals surface area (Å²) in [6.07, 6.45) is 0. The summed E-state index contributed by atoms with van der Waals surface area (Å²) < 4.78 is 0. The molecule has 0 saturated carbocycles. The van der Waals surface area contributed by atoms with Gasteiger partial charge in [0.15, 0.2) is 0 Å². The van der Waals surface area contributed by atoms with Crippen LogP contribution in [0, 0.1) is 11.3 Å². The minimum absolute atomic E-state index is 0.671. The molecule has 2 N–H and O–H groups in total. The van der Waals surface area contributed by atoms with Crippen molar-refractivity contribution in [3.05, 3.63) is 59.7 Å². The quantitative estimate of drug-likeness (QED) is 0.858. The number of nitrogens with one attached hydrogen (secondary N) is 2. The van der Waals surface area contributed by atoms with Crippen LogP contribution in [0.4, 0.5) is 11.4 Å². The van der Waals surface area contributed by atoms with Gasteiger partial charge in [0.1, 0.15) is 6.07 Å². The third kappa shape index (κ3) is 2.80. The van der Waals surface area contributed by atoms with Gasteiger partial charge in [0.25, 0.3) is 0 Å². The van der Waals surface area contributed by atoms with Crippen LogP contribution < -0.4 is 10.6 Å². The van der Waals surface area contributed by atoms with E-state index in [1.165, 1.54) is 5.56 Å². The number of nitriles is 1. The molecule has 0 aliphatic rings. The maximum absolute atomic E-state index is 8.99. The second-order valence-corrected chi connectivity index (χ2v) is 3.96. The zero-order valence-electron chi connectivity index (χ0n) is 10.3. The summed E-state index contributed by atoms with van der Waals surface area (Å²) in [5.41, 5.74) is 3.82. The molecule has 0 fully saturated rings. The molecule has 3 nitrogen and oxygen atoms in total. The number of nitrogens with zero attached hydrogens (tertiary/aromatic N) is 1. The fourth-order valence-electron chi connectivity index (χ4n) is 1.72. The SMILES string of the molecule is CNc1ccc(CNc2ccccc2C#N)cc1. The Labute approximate surface area is 107 Å². The molecule has 18 heavy (non-hydrogen) atoms. The summed E-state index contributed by atoms with van der Waals surface area (Å²) in [6, 6.07) is 17.9. The summed E-state index contributed by atoms with van der Waals surface area (Å²) in [6.45, 7) is 0.711. The van der Waals surface area contributed by atoms with E-state index >= 15 is 0 Å². The van der Waals surface area contributed by atoms with Crippen LogP contribution in [0.25, 0.3) is 0 Å². The van der Waals surface area contributed by atoms with E-state index in [9.17, 15) is 0 Å². The first kappa shape index (κ1) is 12.0. The summed E-state index contributed by atoms with van der Waals surface area (Å²) in [4.78, 5) is 0. The Morgan fingerprint density at radius 2 is 1.78 bits per heavy atom. The average molecular weight is 237 g/mol. The molecular weight excluding hydrogens is 222 g/mol. The molecule has 0 saturated heterocycles. The highest BCUT2D eigenvalue weighted by molar-refractivity contribution is 5.57. The van der Waals surface area contributed by atoms with Gasteiger partial charge in [0.05, 0.1) is 11.3 Å². The third-order valence-corrected chi connectivity index (χ3v) is 2.77. The summed E-state index contributed by atoms with van der Waals surface area (Å²) >= 11 is 0. The smallest absolute Gasteiger partial charge is 0.101 e. The molecule has 0 unspecified atom stereocenters.